The number of aliphatic carboxylic acids is 4. The van der Waals surface area contributed by atoms with Gasteiger partial charge in [0.05, 0.1) is 31.3 Å². The van der Waals surface area contributed by atoms with Crippen molar-refractivity contribution in [3.8, 4) is 63.2 Å². The molecule has 136 heavy (non-hydrogen) atoms. The first-order valence-electron chi connectivity index (χ1n) is 38.9. The van der Waals surface area contributed by atoms with Crippen molar-refractivity contribution in [2.24, 2.45) is 28.2 Å². The summed E-state index contributed by atoms with van der Waals surface area (Å²) in [5.41, 5.74) is 1.76. The van der Waals surface area contributed by atoms with Crippen molar-refractivity contribution in [1.29, 1.82) is 0 Å². The normalized spacial score (nSPS) is 10.8. The Morgan fingerprint density at radius 2 is 0.574 bits per heavy atom. The van der Waals surface area contributed by atoms with Gasteiger partial charge in [0.2, 0.25) is 0 Å². The van der Waals surface area contributed by atoms with Crippen LogP contribution in [0, 0.1) is 13.8 Å². The number of nitrogens with zero attached hydrogens (tertiary/aromatic N) is 4. The maximum Gasteiger partial charge on any atom is 1.00 e. The number of amides is 8. The number of urea groups is 4. The zero-order chi connectivity index (χ0) is 92.8. The molecule has 4 heterocycles. The summed E-state index contributed by atoms with van der Waals surface area (Å²) in [5, 5.41) is 111. The third-order valence-electron chi connectivity index (χ3n) is 18.9. The van der Waals surface area contributed by atoms with Gasteiger partial charge in [-0.1, -0.05) is 180 Å². The van der Waals surface area contributed by atoms with Gasteiger partial charge in [-0.3, -0.25) is 19.2 Å². The van der Waals surface area contributed by atoms with Gasteiger partial charge in [-0.25, -0.2) is 19.2 Å². The van der Waals surface area contributed by atoms with Crippen molar-refractivity contribution in [3.05, 3.63) is 335 Å². The minimum Gasteiger partial charge on any atom is -0.871 e. The summed E-state index contributed by atoms with van der Waals surface area (Å²) in [7, 11) is 7.29. The molecule has 0 unspecified atom stereocenters. The number of pyridine rings is 4. The summed E-state index contributed by atoms with van der Waals surface area (Å²) in [6.07, 6.45) is 3.84. The maximum atomic E-state index is 12.4. The predicted octanol–water partition coefficient (Wildman–Crippen LogP) is -18.5. The molecule has 0 aliphatic heterocycles. The predicted molar refractivity (Wildman–Crippen MR) is 453 cm³/mol. The number of rotatable bonds is 29. The number of carboxylic acid groups (broad SMARTS) is 4. The van der Waals surface area contributed by atoms with Crippen molar-refractivity contribution >= 4 is 70.8 Å². The molecular formula is C92H84N12Na8O24. The van der Waals surface area contributed by atoms with Gasteiger partial charge >= 0.3 is 261 Å². The molecule has 0 saturated heterocycles. The minimum atomic E-state index is -1.39. The van der Waals surface area contributed by atoms with Crippen LogP contribution in [0.2, 0.25) is 0 Å². The molecule has 0 bridgehead atoms. The number of benzene rings is 8. The summed E-state index contributed by atoms with van der Waals surface area (Å²) in [5.74, 6) is -4.08. The van der Waals surface area contributed by atoms with Crippen molar-refractivity contribution in [3.63, 3.8) is 0 Å². The Balaban J connectivity index is 0.000000889. The topological polar surface area (TPSA) is 542 Å². The van der Waals surface area contributed by atoms with Gasteiger partial charge in [0.15, 0.2) is 0 Å². The molecule has 0 saturated carbocycles. The molecule has 8 amide bonds. The first kappa shape index (κ1) is 125. The Kier molecular flexibility index (Phi) is 57.0. The van der Waals surface area contributed by atoms with Gasteiger partial charge in [-0.15, -0.1) is 0 Å². The molecule has 36 nitrogen and oxygen atoms in total. The number of aromatic nitrogens is 4. The van der Waals surface area contributed by atoms with E-state index in [1.165, 1.54) is 53.0 Å². The standard InChI is InChI=1S/C23H23N3O7.2C23H23N3O6.C23H23N3O5.8Na/c1-26-11-10-19(27)21(22(26)30)25-23(31)24-18(13-20(28)29)14-6-8-15(9-7-14)33-17-5-3-4-16(12-17)32-2;1-14-3-7-16(8-4-14)32-17-9-5-15(6-10-17)18(13-20(28)29)24-23(31)25-21-19(27)11-12-26(2)22(21)30;1-14-5-3-4-6-19(14)32-16-9-7-15(8-10-16)17(13-20(28)29)24-23(31)25-21-18(27)11-12-26(2)22(21)30;1-26-12-11-19(27)21(22(26)30)25-23(31)24-18(14-20(28)29)17-9-7-16(8-10-17)13-15-5-3-2-4-6-15;;;;;;;;/h3-12,18,27H,13H2,1-2H3,(H,28,29)(H2,24,25,31);3-12,18,27H,13H2,1-2H3,(H,28,29)(H2,24,25,31);3-12,17,27H,13H2,1-2H3,(H,28,29)(H2,24,25,31);2-12,18,27H,13-14H2,1H3,(H,28,29)(H2,24,25,31);;;;;;;;/q;;;;8*+1/p-8/t2*18-;17-;18-;;;;;;;;/m0000......../s1. The zero-order valence-electron chi connectivity index (χ0n) is 77.6. The number of hydrogen-bond acceptors (Lipinski definition) is 24. The van der Waals surface area contributed by atoms with E-state index in [1.807, 2.05) is 105 Å². The van der Waals surface area contributed by atoms with E-state index >= 15 is 0 Å². The molecule has 44 heteroatoms. The van der Waals surface area contributed by atoms with E-state index in [9.17, 15) is 98.4 Å². The van der Waals surface area contributed by atoms with Crippen LogP contribution in [0.3, 0.4) is 0 Å². The first-order valence-corrected chi connectivity index (χ1v) is 38.9. The Hall–Kier alpha value is -9.08. The van der Waals surface area contributed by atoms with E-state index in [4.69, 9.17) is 18.9 Å². The van der Waals surface area contributed by atoms with E-state index < -0.39 is 166 Å². The van der Waals surface area contributed by atoms with E-state index in [0.29, 0.717) is 68.9 Å². The zero-order valence-corrected chi connectivity index (χ0v) is 93.6. The van der Waals surface area contributed by atoms with Crippen LogP contribution in [0.25, 0.3) is 0 Å². The number of nitrogens with one attached hydrogen (secondary N) is 8. The number of carbonyl (C=O) groups excluding carboxylic acids is 8. The second-order valence-corrected chi connectivity index (χ2v) is 28.5. The smallest absolute Gasteiger partial charge is 0.871 e. The van der Waals surface area contributed by atoms with Gasteiger partial charge in [0, 0.05) is 109 Å². The number of aryl methyl sites for hydroxylation is 6. The summed E-state index contributed by atoms with van der Waals surface area (Å²) in [6.45, 7) is 3.88. The summed E-state index contributed by atoms with van der Waals surface area (Å²) >= 11 is 0. The van der Waals surface area contributed by atoms with Gasteiger partial charge in [-0.2, -0.15) is 0 Å². The first-order chi connectivity index (χ1) is 61.1. The van der Waals surface area contributed by atoms with Crippen molar-refractivity contribution in [2.45, 2.75) is 70.1 Å². The molecule has 8 N–H and O–H groups in total. The molecule has 0 radical (unpaired) electrons. The Bertz CT molecular complexity index is 6230. The van der Waals surface area contributed by atoms with Crippen molar-refractivity contribution < 1.29 is 335 Å². The second kappa shape index (κ2) is 62.1. The number of methoxy groups -OCH3 is 1. The Morgan fingerprint density at radius 3 is 0.875 bits per heavy atom. The van der Waals surface area contributed by atoms with Crippen LogP contribution in [-0.2, 0) is 53.8 Å². The van der Waals surface area contributed by atoms with Crippen LogP contribution in [0.15, 0.2) is 268 Å². The van der Waals surface area contributed by atoms with Gasteiger partial charge in [0.1, 0.15) is 63.0 Å². The Morgan fingerprint density at radius 1 is 0.309 bits per heavy atom. The van der Waals surface area contributed by atoms with Crippen molar-refractivity contribution in [2.75, 3.05) is 28.4 Å². The number of ether oxygens (including phenoxy) is 4. The van der Waals surface area contributed by atoms with Crippen molar-refractivity contribution in [1.82, 2.24) is 39.5 Å². The van der Waals surface area contributed by atoms with E-state index in [2.05, 4.69) is 42.5 Å². The van der Waals surface area contributed by atoms with Crippen LogP contribution >= 0.6 is 0 Å². The number of para-hydroxylation sites is 1. The molecule has 0 spiro atoms. The molecule has 0 aliphatic carbocycles. The molecular weight excluding hydrogens is 1840 g/mol. The molecule has 12 aromatic rings. The van der Waals surface area contributed by atoms with Crippen LogP contribution in [-0.4, -0.2) is 73.4 Å². The number of carbonyl (C=O) groups is 8. The van der Waals surface area contributed by atoms with Crippen LogP contribution in [0.1, 0.15) is 94.4 Å². The van der Waals surface area contributed by atoms with Gasteiger partial charge in [0.25, 0.3) is 22.2 Å². The van der Waals surface area contributed by atoms with E-state index in [0.717, 1.165) is 64.8 Å². The van der Waals surface area contributed by atoms with Crippen LogP contribution < -0.4 is 361 Å². The van der Waals surface area contributed by atoms with E-state index in [-0.39, 0.29) is 236 Å². The molecule has 664 valence electrons. The molecule has 4 atom stereocenters. The quantitative estimate of drug-likeness (QED) is 0.0202. The van der Waals surface area contributed by atoms with E-state index in [1.54, 1.807) is 116 Å². The number of carboxylic acids is 4. The molecule has 8 aromatic carbocycles. The average Bonchev–Trinajstić information content (AvgIpc) is 0.837. The largest absolute Gasteiger partial charge is 1.00 e. The number of hydrogen-bond donors (Lipinski definition) is 8. The third-order valence-corrected chi connectivity index (χ3v) is 18.9. The molecule has 0 fully saturated rings. The third kappa shape index (κ3) is 39.7. The number of anilines is 4. The van der Waals surface area contributed by atoms with Crippen LogP contribution in [0.4, 0.5) is 41.9 Å². The maximum absolute atomic E-state index is 12.4. The SMILES string of the molecule is COc1cccc(Oc2ccc([C@H](CC(=O)[O-])NC(=O)Nc3c([O-])ccn(C)c3=O)cc2)c1.Cc1ccc(Oc2ccc([C@H](CC(=O)[O-])NC(=O)Nc3c([O-])ccn(C)c3=O)cc2)cc1.Cc1ccccc1Oc1ccc([C@H](CC(=O)[O-])NC(=O)Nc2c([O-])ccn(C)c2=O)cc1.Cn1ccc([O-])c(NC(=O)N[C@@H](CC(=O)[O-])c2ccc(Cc3ccccc3)cc2)c1=O.[Na+].[Na+].[Na+].[Na+].[Na+].[Na+].[Na+].[Na+]. The Labute approximate surface area is 957 Å². The van der Waals surface area contributed by atoms with Crippen LogP contribution in [0.5, 0.6) is 63.2 Å². The molecule has 12 rings (SSSR count). The monoisotopic (exact) mass is 1920 g/mol. The van der Waals surface area contributed by atoms with Gasteiger partial charge in [-0.05, 0) is 126 Å². The van der Waals surface area contributed by atoms with Gasteiger partial charge < -0.3 is 140 Å². The minimum absolute atomic E-state index is 0. The fourth-order valence-corrected chi connectivity index (χ4v) is 12.2. The molecule has 4 aromatic heterocycles. The molecule has 0 aliphatic rings. The average molecular weight is 1930 g/mol. The summed E-state index contributed by atoms with van der Waals surface area (Å²) in [4.78, 5) is 143. The fourth-order valence-electron chi connectivity index (χ4n) is 12.2. The second-order valence-electron chi connectivity index (χ2n) is 28.5. The summed E-state index contributed by atoms with van der Waals surface area (Å²) in [6, 6.07) is 55.6. The fraction of sp³-hybridized carbons (Fsp3) is 0.174. The summed E-state index contributed by atoms with van der Waals surface area (Å²) < 4.78 is 27.0.